The molecule has 0 spiro atoms. The number of hydrogen-bond acceptors (Lipinski definition) is 2. The van der Waals surface area contributed by atoms with Crippen LogP contribution in [0.15, 0.2) is 12.1 Å². The van der Waals surface area contributed by atoms with E-state index >= 15 is 0 Å². The van der Waals surface area contributed by atoms with Crippen molar-refractivity contribution in [3.63, 3.8) is 0 Å². The lowest BCUT2D eigenvalue weighted by atomic mass is 10.1. The zero-order valence-corrected chi connectivity index (χ0v) is 8.68. The molecule has 0 atom stereocenters. The number of ether oxygens (including phenoxy) is 2. The van der Waals surface area contributed by atoms with Crippen LogP contribution in [0.25, 0.3) is 0 Å². The average Bonchev–Trinajstić information content (AvgIpc) is 2.16. The summed E-state index contributed by atoms with van der Waals surface area (Å²) >= 11 is 0. The van der Waals surface area contributed by atoms with Gasteiger partial charge in [-0.1, -0.05) is 6.92 Å². The summed E-state index contributed by atoms with van der Waals surface area (Å²) in [7, 11) is 3.38. The van der Waals surface area contributed by atoms with Crippen molar-refractivity contribution in [1.82, 2.24) is 0 Å². The van der Waals surface area contributed by atoms with Gasteiger partial charge in [-0.15, -0.1) is 0 Å². The van der Waals surface area contributed by atoms with Gasteiger partial charge in [0.15, 0.2) is 0 Å². The largest absolute Gasteiger partial charge is 0.497 e. The molecular weight excluding hydrogens is 164 g/mol. The van der Waals surface area contributed by atoms with Crippen molar-refractivity contribution in [2.45, 2.75) is 20.3 Å². The van der Waals surface area contributed by atoms with Crippen LogP contribution < -0.4 is 9.47 Å². The Morgan fingerprint density at radius 3 is 2.31 bits per heavy atom. The Hall–Kier alpha value is -1.18. The lowest BCUT2D eigenvalue weighted by Crippen LogP contribution is -1.95. The fraction of sp³-hybridized carbons (Fsp3) is 0.455. The molecule has 13 heavy (non-hydrogen) atoms. The summed E-state index contributed by atoms with van der Waals surface area (Å²) in [4.78, 5) is 0. The number of aryl methyl sites for hydroxylation is 2. The van der Waals surface area contributed by atoms with Gasteiger partial charge in [-0.05, 0) is 36.6 Å². The van der Waals surface area contributed by atoms with E-state index in [1.165, 1.54) is 5.56 Å². The zero-order chi connectivity index (χ0) is 9.84. The summed E-state index contributed by atoms with van der Waals surface area (Å²) in [5.74, 6) is 1.87. The van der Waals surface area contributed by atoms with E-state index < -0.39 is 0 Å². The molecule has 0 aliphatic carbocycles. The molecule has 0 unspecified atom stereocenters. The van der Waals surface area contributed by atoms with Gasteiger partial charge in [0.25, 0.3) is 0 Å². The van der Waals surface area contributed by atoms with Crippen molar-refractivity contribution < 1.29 is 9.47 Å². The molecule has 0 amide bonds. The van der Waals surface area contributed by atoms with E-state index in [0.717, 1.165) is 23.5 Å². The van der Waals surface area contributed by atoms with Gasteiger partial charge in [-0.25, -0.2) is 0 Å². The molecule has 2 nitrogen and oxygen atoms in total. The van der Waals surface area contributed by atoms with Gasteiger partial charge in [0.05, 0.1) is 14.2 Å². The molecule has 1 aromatic carbocycles. The van der Waals surface area contributed by atoms with Crippen LogP contribution in [0.1, 0.15) is 18.1 Å². The van der Waals surface area contributed by atoms with Crippen LogP contribution in [0.3, 0.4) is 0 Å². The summed E-state index contributed by atoms with van der Waals surface area (Å²) < 4.78 is 10.5. The molecule has 0 aromatic heterocycles. The minimum Gasteiger partial charge on any atom is -0.497 e. The average molecular weight is 180 g/mol. The monoisotopic (exact) mass is 180 g/mol. The molecule has 1 aromatic rings. The molecule has 0 bridgehead atoms. The van der Waals surface area contributed by atoms with E-state index in [-0.39, 0.29) is 0 Å². The van der Waals surface area contributed by atoms with Crippen LogP contribution in [-0.2, 0) is 6.42 Å². The first-order chi connectivity index (χ1) is 6.22. The van der Waals surface area contributed by atoms with Gasteiger partial charge in [0.1, 0.15) is 11.5 Å². The highest BCUT2D eigenvalue weighted by molar-refractivity contribution is 5.46. The number of hydrogen-bond donors (Lipinski definition) is 0. The number of methoxy groups -OCH3 is 2. The van der Waals surface area contributed by atoms with Crippen LogP contribution in [0.4, 0.5) is 0 Å². The van der Waals surface area contributed by atoms with E-state index in [1.807, 2.05) is 19.1 Å². The molecular formula is C11H16O2. The quantitative estimate of drug-likeness (QED) is 0.711. The molecule has 0 aliphatic heterocycles. The Balaban J connectivity index is 3.20. The topological polar surface area (TPSA) is 18.5 Å². The van der Waals surface area contributed by atoms with E-state index in [4.69, 9.17) is 9.47 Å². The maximum absolute atomic E-state index is 5.31. The van der Waals surface area contributed by atoms with Crippen LogP contribution >= 0.6 is 0 Å². The fourth-order valence-electron chi connectivity index (χ4n) is 1.48. The van der Waals surface area contributed by atoms with Gasteiger partial charge in [0.2, 0.25) is 0 Å². The van der Waals surface area contributed by atoms with Crippen LogP contribution in [0.2, 0.25) is 0 Å². The van der Waals surface area contributed by atoms with Gasteiger partial charge >= 0.3 is 0 Å². The summed E-state index contributed by atoms with van der Waals surface area (Å²) in [5.41, 5.74) is 2.32. The molecule has 2 heteroatoms. The van der Waals surface area contributed by atoms with Crippen molar-refractivity contribution in [3.05, 3.63) is 23.3 Å². The first-order valence-electron chi connectivity index (χ1n) is 4.44. The second-order valence-electron chi connectivity index (χ2n) is 2.99. The second kappa shape index (κ2) is 4.17. The second-order valence-corrected chi connectivity index (χ2v) is 2.99. The van der Waals surface area contributed by atoms with Crippen molar-refractivity contribution in [1.29, 1.82) is 0 Å². The van der Waals surface area contributed by atoms with Crippen molar-refractivity contribution in [2.75, 3.05) is 14.2 Å². The number of benzene rings is 1. The molecule has 0 heterocycles. The normalized spacial score (nSPS) is 9.85. The third-order valence-corrected chi connectivity index (χ3v) is 2.15. The van der Waals surface area contributed by atoms with Crippen LogP contribution in [0.5, 0.6) is 11.5 Å². The van der Waals surface area contributed by atoms with Crippen LogP contribution in [-0.4, -0.2) is 14.2 Å². The van der Waals surface area contributed by atoms with E-state index in [0.29, 0.717) is 0 Å². The molecule has 72 valence electrons. The molecule has 0 aliphatic rings. The highest BCUT2D eigenvalue weighted by atomic mass is 16.5. The van der Waals surface area contributed by atoms with Gasteiger partial charge in [-0.2, -0.15) is 0 Å². The van der Waals surface area contributed by atoms with Crippen LogP contribution in [0, 0.1) is 6.92 Å². The molecule has 0 fully saturated rings. The maximum atomic E-state index is 5.31. The SMILES string of the molecule is CCc1cc(OC)cc(C)c1OC. The van der Waals surface area contributed by atoms with Crippen molar-refractivity contribution in [3.8, 4) is 11.5 Å². The summed E-state index contributed by atoms with van der Waals surface area (Å²) in [5, 5.41) is 0. The van der Waals surface area contributed by atoms with E-state index in [1.54, 1.807) is 14.2 Å². The first kappa shape index (κ1) is 9.90. The third kappa shape index (κ3) is 1.94. The highest BCUT2D eigenvalue weighted by Crippen LogP contribution is 2.28. The van der Waals surface area contributed by atoms with Crippen molar-refractivity contribution in [2.24, 2.45) is 0 Å². The van der Waals surface area contributed by atoms with Crippen molar-refractivity contribution >= 4 is 0 Å². The summed E-state index contributed by atoms with van der Waals surface area (Å²) in [6.45, 7) is 4.14. The molecule has 0 N–H and O–H groups in total. The van der Waals surface area contributed by atoms with Gasteiger partial charge in [0, 0.05) is 0 Å². The Bertz CT molecular complexity index is 292. The Kier molecular flexibility index (Phi) is 3.18. The molecule has 0 radical (unpaired) electrons. The summed E-state index contributed by atoms with van der Waals surface area (Å²) in [6.07, 6.45) is 0.960. The van der Waals surface area contributed by atoms with Gasteiger partial charge < -0.3 is 9.47 Å². The molecule has 0 saturated carbocycles. The maximum Gasteiger partial charge on any atom is 0.125 e. The third-order valence-electron chi connectivity index (χ3n) is 2.15. The Labute approximate surface area is 79.5 Å². The minimum absolute atomic E-state index is 0.898. The van der Waals surface area contributed by atoms with E-state index in [9.17, 15) is 0 Å². The number of rotatable bonds is 3. The first-order valence-corrected chi connectivity index (χ1v) is 4.44. The predicted octanol–water partition coefficient (Wildman–Crippen LogP) is 2.57. The lowest BCUT2D eigenvalue weighted by Gasteiger charge is -2.11. The standard InChI is InChI=1S/C11H16O2/c1-5-9-7-10(12-3)6-8(2)11(9)13-4/h6-7H,5H2,1-4H3. The smallest absolute Gasteiger partial charge is 0.125 e. The summed E-state index contributed by atoms with van der Waals surface area (Å²) in [6, 6.07) is 4.00. The lowest BCUT2D eigenvalue weighted by molar-refractivity contribution is 0.396. The Morgan fingerprint density at radius 2 is 1.85 bits per heavy atom. The molecule has 1 rings (SSSR count). The zero-order valence-electron chi connectivity index (χ0n) is 8.68. The molecule has 0 saturated heterocycles. The minimum atomic E-state index is 0.898. The van der Waals surface area contributed by atoms with Gasteiger partial charge in [-0.3, -0.25) is 0 Å². The predicted molar refractivity (Wildman–Crippen MR) is 53.7 cm³/mol. The highest BCUT2D eigenvalue weighted by Gasteiger charge is 2.06. The Morgan fingerprint density at radius 1 is 1.15 bits per heavy atom. The fourth-order valence-corrected chi connectivity index (χ4v) is 1.48. The van der Waals surface area contributed by atoms with E-state index in [2.05, 4.69) is 6.92 Å².